The topological polar surface area (TPSA) is 114 Å². The predicted molar refractivity (Wildman–Crippen MR) is 162 cm³/mol. The normalized spacial score (nSPS) is 13.5. The minimum atomic E-state index is -0.100. The first-order chi connectivity index (χ1) is 20.2. The predicted octanol–water partition coefficient (Wildman–Crippen LogP) is 4.38. The van der Waals surface area contributed by atoms with E-state index >= 15 is 0 Å². The van der Waals surface area contributed by atoms with Crippen molar-refractivity contribution in [1.82, 2.24) is 20.3 Å². The molecular formula is C31H43N7O3. The number of carbonyl (C=O) groups excluding carboxylic acids is 1. The third kappa shape index (κ3) is 11.0. The molecule has 4 rings (SSSR count). The Labute approximate surface area is 243 Å². The van der Waals surface area contributed by atoms with Crippen LogP contribution in [0.15, 0.2) is 60.7 Å². The fraction of sp³-hybridized carbons (Fsp3) is 0.484. The lowest BCUT2D eigenvalue weighted by molar-refractivity contribution is 0.0519. The van der Waals surface area contributed by atoms with Gasteiger partial charge in [0.15, 0.2) is 0 Å². The summed E-state index contributed by atoms with van der Waals surface area (Å²) in [5, 5.41) is 9.59. The minimum absolute atomic E-state index is 0.100. The Kier molecular flexibility index (Phi) is 12.6. The van der Waals surface area contributed by atoms with Crippen LogP contribution >= 0.6 is 0 Å². The molecular weight excluding hydrogens is 518 g/mol. The second-order valence-corrected chi connectivity index (χ2v) is 10.3. The summed E-state index contributed by atoms with van der Waals surface area (Å²) in [5.74, 6) is 2.30. The molecule has 3 N–H and O–H groups in total. The average molecular weight is 562 g/mol. The van der Waals surface area contributed by atoms with Gasteiger partial charge >= 0.3 is 0 Å². The Hall–Kier alpha value is -3.76. The first-order valence-electron chi connectivity index (χ1n) is 14.6. The standard InChI is InChI=1S/C31H43N7O3/c1-38(24-26-13-7-3-8-14-26)31-36-29(35-30(37-31)34-23-25-11-5-2-6-12-25)33-18-20-41-22-21-40-19-17-32-28(39)27-15-9-4-10-16-27/h3-4,7-10,13-16,25H,2,5-6,11-12,17-24H2,1H3,(H,32,39)(H2,33,34,35,36,37). The number of nitrogens with zero attached hydrogens (tertiary/aromatic N) is 4. The number of ether oxygens (including phenoxy) is 2. The zero-order valence-electron chi connectivity index (χ0n) is 24.1. The lowest BCUT2D eigenvalue weighted by atomic mass is 9.89. The first-order valence-corrected chi connectivity index (χ1v) is 14.6. The van der Waals surface area contributed by atoms with E-state index in [4.69, 9.17) is 14.5 Å². The van der Waals surface area contributed by atoms with E-state index in [-0.39, 0.29) is 5.91 Å². The van der Waals surface area contributed by atoms with Crippen LogP contribution in [0.3, 0.4) is 0 Å². The van der Waals surface area contributed by atoms with Crippen LogP contribution in [0.2, 0.25) is 0 Å². The quantitative estimate of drug-likeness (QED) is 0.207. The monoisotopic (exact) mass is 561 g/mol. The van der Waals surface area contributed by atoms with Gasteiger partial charge in [-0.3, -0.25) is 4.79 Å². The molecule has 0 spiro atoms. The van der Waals surface area contributed by atoms with E-state index in [0.717, 1.165) is 6.54 Å². The lowest BCUT2D eigenvalue weighted by Crippen LogP contribution is -2.27. The van der Waals surface area contributed by atoms with Gasteiger partial charge in [0.25, 0.3) is 5.91 Å². The summed E-state index contributed by atoms with van der Waals surface area (Å²) < 4.78 is 11.3. The first kappa shape index (κ1) is 30.2. The highest BCUT2D eigenvalue weighted by Crippen LogP contribution is 2.24. The van der Waals surface area contributed by atoms with E-state index in [1.54, 1.807) is 12.1 Å². The van der Waals surface area contributed by atoms with Gasteiger partial charge in [0.1, 0.15) is 0 Å². The van der Waals surface area contributed by atoms with Crippen molar-refractivity contribution in [1.29, 1.82) is 0 Å². The van der Waals surface area contributed by atoms with Crippen LogP contribution < -0.4 is 20.9 Å². The second kappa shape index (κ2) is 17.1. The molecule has 1 amide bonds. The minimum Gasteiger partial charge on any atom is -0.377 e. The average Bonchev–Trinajstić information content (AvgIpc) is 3.02. The molecule has 41 heavy (non-hydrogen) atoms. The Morgan fingerprint density at radius 2 is 1.44 bits per heavy atom. The largest absolute Gasteiger partial charge is 0.377 e. The van der Waals surface area contributed by atoms with Crippen molar-refractivity contribution in [3.05, 3.63) is 71.8 Å². The van der Waals surface area contributed by atoms with Gasteiger partial charge in [-0.2, -0.15) is 15.0 Å². The van der Waals surface area contributed by atoms with Crippen LogP contribution in [0.1, 0.15) is 48.0 Å². The molecule has 1 aromatic heterocycles. The molecule has 0 radical (unpaired) electrons. The van der Waals surface area contributed by atoms with Crippen LogP contribution in [0.4, 0.5) is 17.8 Å². The van der Waals surface area contributed by atoms with Crippen molar-refractivity contribution >= 4 is 23.8 Å². The number of anilines is 3. The van der Waals surface area contributed by atoms with Crippen LogP contribution in [0.25, 0.3) is 0 Å². The van der Waals surface area contributed by atoms with E-state index in [9.17, 15) is 4.79 Å². The molecule has 2 aromatic carbocycles. The van der Waals surface area contributed by atoms with Crippen molar-refractivity contribution in [2.75, 3.05) is 68.6 Å². The van der Waals surface area contributed by atoms with Crippen LogP contribution in [0, 0.1) is 5.92 Å². The Morgan fingerprint density at radius 1 is 0.805 bits per heavy atom. The highest BCUT2D eigenvalue weighted by molar-refractivity contribution is 5.94. The number of nitrogens with one attached hydrogen (secondary N) is 3. The van der Waals surface area contributed by atoms with E-state index in [0.29, 0.717) is 75.4 Å². The maximum atomic E-state index is 12.0. The number of benzene rings is 2. The van der Waals surface area contributed by atoms with Crippen molar-refractivity contribution in [2.45, 2.75) is 38.6 Å². The molecule has 0 saturated heterocycles. The summed E-state index contributed by atoms with van der Waals surface area (Å²) in [7, 11) is 1.99. The number of carbonyl (C=O) groups is 1. The second-order valence-electron chi connectivity index (χ2n) is 10.3. The van der Waals surface area contributed by atoms with Crippen LogP contribution in [0.5, 0.6) is 0 Å². The van der Waals surface area contributed by atoms with E-state index in [1.807, 2.05) is 48.3 Å². The summed E-state index contributed by atoms with van der Waals surface area (Å²) in [6, 6.07) is 19.4. The van der Waals surface area contributed by atoms with Gasteiger partial charge in [0.05, 0.1) is 26.4 Å². The number of aromatic nitrogens is 3. The van der Waals surface area contributed by atoms with Gasteiger partial charge in [-0.25, -0.2) is 0 Å². The van der Waals surface area contributed by atoms with Gasteiger partial charge in [-0.05, 0) is 36.5 Å². The van der Waals surface area contributed by atoms with Gasteiger partial charge in [0.2, 0.25) is 17.8 Å². The molecule has 3 aromatic rings. The number of hydrogen-bond acceptors (Lipinski definition) is 9. The Bertz CT molecular complexity index is 1160. The third-order valence-electron chi connectivity index (χ3n) is 6.97. The highest BCUT2D eigenvalue weighted by Gasteiger charge is 2.15. The molecule has 0 bridgehead atoms. The Balaban J connectivity index is 1.18. The number of rotatable bonds is 17. The van der Waals surface area contributed by atoms with Gasteiger partial charge in [-0.15, -0.1) is 0 Å². The molecule has 10 nitrogen and oxygen atoms in total. The van der Waals surface area contributed by atoms with Gasteiger partial charge in [0, 0.05) is 38.8 Å². The molecule has 0 unspecified atom stereocenters. The molecule has 1 aliphatic rings. The van der Waals surface area contributed by atoms with Crippen molar-refractivity contribution in [3.63, 3.8) is 0 Å². The summed E-state index contributed by atoms with van der Waals surface area (Å²) in [6.07, 6.45) is 6.46. The summed E-state index contributed by atoms with van der Waals surface area (Å²) >= 11 is 0. The fourth-order valence-corrected chi connectivity index (χ4v) is 4.73. The zero-order chi connectivity index (χ0) is 28.5. The lowest BCUT2D eigenvalue weighted by Gasteiger charge is -2.22. The zero-order valence-corrected chi connectivity index (χ0v) is 24.1. The Morgan fingerprint density at radius 3 is 2.15 bits per heavy atom. The molecule has 10 heteroatoms. The number of hydrogen-bond donors (Lipinski definition) is 3. The van der Waals surface area contributed by atoms with Crippen molar-refractivity contribution in [3.8, 4) is 0 Å². The number of amides is 1. The molecule has 1 aliphatic carbocycles. The van der Waals surface area contributed by atoms with E-state index < -0.39 is 0 Å². The molecule has 1 saturated carbocycles. The third-order valence-corrected chi connectivity index (χ3v) is 6.97. The maximum Gasteiger partial charge on any atom is 0.251 e. The van der Waals surface area contributed by atoms with Gasteiger partial charge < -0.3 is 30.3 Å². The van der Waals surface area contributed by atoms with Crippen LogP contribution in [-0.4, -0.2) is 74.0 Å². The van der Waals surface area contributed by atoms with Crippen molar-refractivity contribution in [2.24, 2.45) is 5.92 Å². The SMILES string of the molecule is CN(Cc1ccccc1)c1nc(NCCOCCOCCNC(=O)c2ccccc2)nc(NCC2CCCCC2)n1. The summed E-state index contributed by atoms with van der Waals surface area (Å²) in [4.78, 5) is 28.1. The van der Waals surface area contributed by atoms with Crippen molar-refractivity contribution < 1.29 is 14.3 Å². The maximum absolute atomic E-state index is 12.0. The smallest absolute Gasteiger partial charge is 0.251 e. The van der Waals surface area contributed by atoms with E-state index in [2.05, 4.69) is 38.1 Å². The van der Waals surface area contributed by atoms with Gasteiger partial charge in [-0.1, -0.05) is 67.8 Å². The van der Waals surface area contributed by atoms with Crippen LogP contribution in [-0.2, 0) is 16.0 Å². The molecule has 0 atom stereocenters. The molecule has 0 aliphatic heterocycles. The highest BCUT2D eigenvalue weighted by atomic mass is 16.5. The summed E-state index contributed by atoms with van der Waals surface area (Å²) in [6.45, 7) is 4.42. The van der Waals surface area contributed by atoms with E-state index in [1.165, 1.54) is 37.7 Å². The fourth-order valence-electron chi connectivity index (χ4n) is 4.73. The molecule has 220 valence electrons. The molecule has 1 heterocycles. The molecule has 1 fully saturated rings. The summed E-state index contributed by atoms with van der Waals surface area (Å²) in [5.41, 5.74) is 1.83.